The van der Waals surface area contributed by atoms with Crippen LogP contribution in [0.25, 0.3) is 0 Å². The van der Waals surface area contributed by atoms with Crippen LogP contribution in [0, 0.1) is 5.92 Å². The second-order valence-corrected chi connectivity index (χ2v) is 6.39. The first-order valence-electron chi connectivity index (χ1n) is 7.73. The van der Waals surface area contributed by atoms with E-state index in [9.17, 15) is 5.11 Å². The first-order valence-corrected chi connectivity index (χ1v) is 7.73. The summed E-state index contributed by atoms with van der Waals surface area (Å²) in [4.78, 5) is 0. The van der Waals surface area contributed by atoms with Gasteiger partial charge in [0, 0.05) is 13.2 Å². The third-order valence-corrected chi connectivity index (χ3v) is 5.12. The van der Waals surface area contributed by atoms with Crippen molar-refractivity contribution in [1.82, 2.24) is 0 Å². The Morgan fingerprint density at radius 2 is 1.83 bits per heavy atom. The average Bonchev–Trinajstić information content (AvgIpc) is 2.93. The van der Waals surface area contributed by atoms with Gasteiger partial charge in [0.2, 0.25) is 0 Å². The zero-order valence-electron chi connectivity index (χ0n) is 11.3. The maximum Gasteiger partial charge on any atom is 0.0837 e. The molecule has 0 aromatic heterocycles. The maximum atomic E-state index is 10.5. The van der Waals surface area contributed by atoms with Crippen molar-refractivity contribution in [3.63, 3.8) is 0 Å². The number of hydrogen-bond acceptors (Lipinski definition) is 3. The number of aliphatic hydroxyl groups is 1. The van der Waals surface area contributed by atoms with Crippen molar-refractivity contribution in [3.05, 3.63) is 0 Å². The third-order valence-electron chi connectivity index (χ3n) is 5.12. The second-order valence-electron chi connectivity index (χ2n) is 6.39. The molecule has 3 rings (SSSR count). The summed E-state index contributed by atoms with van der Waals surface area (Å²) in [5.74, 6) is 0.389. The van der Waals surface area contributed by atoms with Crippen LogP contribution < -0.4 is 0 Å². The highest BCUT2D eigenvalue weighted by atomic mass is 16.5. The summed E-state index contributed by atoms with van der Waals surface area (Å²) in [6.07, 6.45) is 10.3. The smallest absolute Gasteiger partial charge is 0.0837 e. The lowest BCUT2D eigenvalue weighted by atomic mass is 9.74. The molecule has 18 heavy (non-hydrogen) atoms. The number of aliphatic hydroxyl groups excluding tert-OH is 1. The lowest BCUT2D eigenvalue weighted by molar-refractivity contribution is -0.146. The predicted octanol–water partition coefficient (Wildman–Crippen LogP) is 2.66. The summed E-state index contributed by atoms with van der Waals surface area (Å²) in [6.45, 7) is 1.66. The van der Waals surface area contributed by atoms with E-state index in [1.165, 1.54) is 32.1 Å². The van der Waals surface area contributed by atoms with E-state index >= 15 is 0 Å². The van der Waals surface area contributed by atoms with Crippen LogP contribution in [0.4, 0.5) is 0 Å². The fraction of sp³-hybridized carbons (Fsp3) is 1.00. The van der Waals surface area contributed by atoms with Crippen molar-refractivity contribution in [1.29, 1.82) is 0 Å². The quantitative estimate of drug-likeness (QED) is 0.823. The second kappa shape index (κ2) is 5.48. The van der Waals surface area contributed by atoms with Gasteiger partial charge >= 0.3 is 0 Å². The van der Waals surface area contributed by atoms with Gasteiger partial charge in [-0.25, -0.2) is 0 Å². The highest BCUT2D eigenvalue weighted by Crippen LogP contribution is 2.42. The van der Waals surface area contributed by atoms with E-state index < -0.39 is 0 Å². The molecule has 2 heterocycles. The molecule has 3 unspecified atom stereocenters. The van der Waals surface area contributed by atoms with Gasteiger partial charge < -0.3 is 14.6 Å². The van der Waals surface area contributed by atoms with E-state index in [0.29, 0.717) is 5.92 Å². The predicted molar refractivity (Wildman–Crippen MR) is 69.5 cm³/mol. The van der Waals surface area contributed by atoms with Crippen LogP contribution in [0.2, 0.25) is 0 Å². The van der Waals surface area contributed by atoms with Gasteiger partial charge in [-0.2, -0.15) is 0 Å². The summed E-state index contributed by atoms with van der Waals surface area (Å²) < 4.78 is 11.8. The molecule has 3 atom stereocenters. The molecule has 0 radical (unpaired) electrons. The SMILES string of the molecule is OC(C1CCOC2(CCCCC2)C1)C1CCCO1. The monoisotopic (exact) mass is 254 g/mol. The molecule has 104 valence electrons. The van der Waals surface area contributed by atoms with Crippen LogP contribution in [0.5, 0.6) is 0 Å². The Balaban J connectivity index is 1.62. The fourth-order valence-electron chi connectivity index (χ4n) is 4.08. The minimum Gasteiger partial charge on any atom is -0.390 e. The number of ether oxygens (including phenoxy) is 2. The van der Waals surface area contributed by atoms with Gasteiger partial charge in [0.1, 0.15) is 0 Å². The van der Waals surface area contributed by atoms with E-state index in [-0.39, 0.29) is 17.8 Å². The minimum absolute atomic E-state index is 0.0914. The van der Waals surface area contributed by atoms with Crippen molar-refractivity contribution in [2.75, 3.05) is 13.2 Å². The zero-order valence-corrected chi connectivity index (χ0v) is 11.3. The summed E-state index contributed by atoms with van der Waals surface area (Å²) in [5, 5.41) is 10.5. The maximum absolute atomic E-state index is 10.5. The molecule has 3 aliphatic rings. The summed E-state index contributed by atoms with van der Waals surface area (Å²) in [6, 6.07) is 0. The van der Waals surface area contributed by atoms with Crippen molar-refractivity contribution in [2.24, 2.45) is 5.92 Å². The van der Waals surface area contributed by atoms with Gasteiger partial charge in [-0.15, -0.1) is 0 Å². The molecule has 3 nitrogen and oxygen atoms in total. The van der Waals surface area contributed by atoms with Crippen LogP contribution in [-0.4, -0.2) is 36.1 Å². The van der Waals surface area contributed by atoms with E-state index in [4.69, 9.17) is 9.47 Å². The summed E-state index contributed by atoms with van der Waals surface area (Å²) in [7, 11) is 0. The van der Waals surface area contributed by atoms with Crippen molar-refractivity contribution in [2.45, 2.75) is 75.6 Å². The van der Waals surface area contributed by atoms with Gasteiger partial charge in [-0.05, 0) is 44.4 Å². The highest BCUT2D eigenvalue weighted by molar-refractivity contribution is 4.93. The molecule has 0 aromatic rings. The van der Waals surface area contributed by atoms with Gasteiger partial charge in [0.25, 0.3) is 0 Å². The van der Waals surface area contributed by atoms with Crippen LogP contribution in [-0.2, 0) is 9.47 Å². The highest BCUT2D eigenvalue weighted by Gasteiger charge is 2.42. The molecule has 1 aliphatic carbocycles. The molecule has 2 aliphatic heterocycles. The molecule has 0 aromatic carbocycles. The van der Waals surface area contributed by atoms with Gasteiger partial charge in [0.05, 0.1) is 17.8 Å². The molecule has 3 heteroatoms. The van der Waals surface area contributed by atoms with E-state index in [2.05, 4.69) is 0 Å². The van der Waals surface area contributed by atoms with Crippen LogP contribution in [0.1, 0.15) is 57.8 Å². The molecule has 1 saturated carbocycles. The summed E-state index contributed by atoms with van der Waals surface area (Å²) in [5.41, 5.74) is 0.0980. The van der Waals surface area contributed by atoms with E-state index in [1.54, 1.807) is 0 Å². The Morgan fingerprint density at radius 3 is 2.56 bits per heavy atom. The summed E-state index contributed by atoms with van der Waals surface area (Å²) >= 11 is 0. The molecule has 1 spiro atoms. The zero-order chi connectivity index (χ0) is 12.4. The largest absolute Gasteiger partial charge is 0.390 e. The molecule has 3 fully saturated rings. The first kappa shape index (κ1) is 12.9. The number of hydrogen-bond donors (Lipinski definition) is 1. The standard InChI is InChI=1S/C15H26O3/c16-14(13-5-4-9-17-13)12-6-10-18-15(11-12)7-2-1-3-8-15/h12-14,16H,1-11H2. The molecule has 1 N–H and O–H groups in total. The lowest BCUT2D eigenvalue weighted by Crippen LogP contribution is -2.46. The third kappa shape index (κ3) is 2.59. The Morgan fingerprint density at radius 1 is 1.00 bits per heavy atom. The van der Waals surface area contributed by atoms with Gasteiger partial charge in [-0.1, -0.05) is 19.3 Å². The normalized spacial score (nSPS) is 37.8. The molecule has 0 amide bonds. The topological polar surface area (TPSA) is 38.7 Å². The van der Waals surface area contributed by atoms with E-state index in [0.717, 1.165) is 38.9 Å². The number of rotatable bonds is 2. The Kier molecular flexibility index (Phi) is 3.92. The van der Waals surface area contributed by atoms with Gasteiger partial charge in [-0.3, -0.25) is 0 Å². The molecule has 2 saturated heterocycles. The Bertz CT molecular complexity index is 261. The van der Waals surface area contributed by atoms with Crippen LogP contribution in [0.15, 0.2) is 0 Å². The Hall–Kier alpha value is -0.120. The molecular formula is C15H26O3. The fourth-order valence-corrected chi connectivity index (χ4v) is 4.08. The molecule has 0 bridgehead atoms. The Labute approximate surface area is 110 Å². The first-order chi connectivity index (χ1) is 8.79. The average molecular weight is 254 g/mol. The van der Waals surface area contributed by atoms with Crippen molar-refractivity contribution in [3.8, 4) is 0 Å². The van der Waals surface area contributed by atoms with Crippen molar-refractivity contribution < 1.29 is 14.6 Å². The lowest BCUT2D eigenvalue weighted by Gasteiger charge is -2.45. The van der Waals surface area contributed by atoms with Crippen LogP contribution >= 0.6 is 0 Å². The van der Waals surface area contributed by atoms with Gasteiger partial charge in [0.15, 0.2) is 0 Å². The van der Waals surface area contributed by atoms with E-state index in [1.807, 2.05) is 0 Å². The van der Waals surface area contributed by atoms with Crippen molar-refractivity contribution >= 4 is 0 Å². The van der Waals surface area contributed by atoms with Crippen LogP contribution in [0.3, 0.4) is 0 Å². The minimum atomic E-state index is -0.268. The molecular weight excluding hydrogens is 228 g/mol.